The van der Waals surface area contributed by atoms with Gasteiger partial charge in [-0.2, -0.15) is 0 Å². The molecule has 2 rings (SSSR count). The van der Waals surface area contributed by atoms with Crippen LogP contribution < -0.4 is 5.32 Å². The summed E-state index contributed by atoms with van der Waals surface area (Å²) in [5.41, 5.74) is 0.915. The molecule has 1 heterocycles. The molecule has 0 saturated carbocycles. The quantitative estimate of drug-likeness (QED) is 0.692. The van der Waals surface area contributed by atoms with Gasteiger partial charge >= 0.3 is 5.88 Å². The standard InChI is InChI=1S/C11H9BrN2O3/c12-8-2-1-3-9(6-8)13-7-10-4-5-11(17-10)14(15)16/h1-6,13H,7H2. The number of anilines is 1. The van der Waals surface area contributed by atoms with E-state index in [2.05, 4.69) is 21.2 Å². The van der Waals surface area contributed by atoms with E-state index < -0.39 is 4.92 Å². The lowest BCUT2D eigenvalue weighted by molar-refractivity contribution is -0.402. The molecule has 0 aliphatic heterocycles. The molecule has 17 heavy (non-hydrogen) atoms. The summed E-state index contributed by atoms with van der Waals surface area (Å²) in [6.07, 6.45) is 0. The van der Waals surface area contributed by atoms with Crippen molar-refractivity contribution < 1.29 is 9.34 Å². The first-order valence-electron chi connectivity index (χ1n) is 4.88. The zero-order valence-electron chi connectivity index (χ0n) is 8.72. The fourth-order valence-electron chi connectivity index (χ4n) is 1.35. The molecule has 0 aliphatic carbocycles. The highest BCUT2D eigenvalue weighted by molar-refractivity contribution is 9.10. The van der Waals surface area contributed by atoms with E-state index in [1.165, 1.54) is 6.07 Å². The molecule has 0 fully saturated rings. The lowest BCUT2D eigenvalue weighted by atomic mass is 10.3. The highest BCUT2D eigenvalue weighted by atomic mass is 79.9. The first kappa shape index (κ1) is 11.7. The Hall–Kier alpha value is -1.82. The molecule has 5 nitrogen and oxygen atoms in total. The van der Waals surface area contributed by atoms with Crippen LogP contribution in [0.2, 0.25) is 0 Å². The minimum atomic E-state index is -0.553. The van der Waals surface area contributed by atoms with E-state index in [-0.39, 0.29) is 5.88 Å². The largest absolute Gasteiger partial charge is 0.433 e. The minimum absolute atomic E-state index is 0.240. The maximum absolute atomic E-state index is 10.4. The molecule has 1 aromatic heterocycles. The third-order valence-corrected chi connectivity index (χ3v) is 2.61. The Morgan fingerprint density at radius 2 is 2.18 bits per heavy atom. The van der Waals surface area contributed by atoms with Gasteiger partial charge < -0.3 is 9.73 Å². The van der Waals surface area contributed by atoms with Crippen molar-refractivity contribution in [2.45, 2.75) is 6.54 Å². The maximum Gasteiger partial charge on any atom is 0.433 e. The number of hydrogen-bond acceptors (Lipinski definition) is 4. The van der Waals surface area contributed by atoms with E-state index in [4.69, 9.17) is 4.42 Å². The van der Waals surface area contributed by atoms with Crippen molar-refractivity contribution >= 4 is 27.5 Å². The van der Waals surface area contributed by atoms with Crippen molar-refractivity contribution in [2.24, 2.45) is 0 Å². The summed E-state index contributed by atoms with van der Waals surface area (Å²) in [6.45, 7) is 0.407. The number of furan rings is 1. The Morgan fingerprint density at radius 1 is 1.35 bits per heavy atom. The number of hydrogen-bond donors (Lipinski definition) is 1. The summed E-state index contributed by atoms with van der Waals surface area (Å²) in [5, 5.41) is 13.5. The summed E-state index contributed by atoms with van der Waals surface area (Å²) >= 11 is 3.36. The number of nitro groups is 1. The Bertz CT molecular complexity index is 539. The van der Waals surface area contributed by atoms with Crippen LogP contribution in [-0.2, 0) is 6.54 Å². The number of nitrogens with one attached hydrogen (secondary N) is 1. The fourth-order valence-corrected chi connectivity index (χ4v) is 1.75. The summed E-state index contributed by atoms with van der Waals surface area (Å²) in [5.74, 6) is 0.285. The van der Waals surface area contributed by atoms with Crippen molar-refractivity contribution in [3.05, 3.63) is 56.7 Å². The lowest BCUT2D eigenvalue weighted by Gasteiger charge is -2.03. The monoisotopic (exact) mass is 296 g/mol. The molecule has 0 atom stereocenters. The molecule has 1 aromatic carbocycles. The number of benzene rings is 1. The topological polar surface area (TPSA) is 68.3 Å². The number of nitrogens with zero attached hydrogens (tertiary/aromatic N) is 1. The van der Waals surface area contributed by atoms with Crippen LogP contribution in [0.4, 0.5) is 11.6 Å². The van der Waals surface area contributed by atoms with Crippen molar-refractivity contribution in [1.29, 1.82) is 0 Å². The number of rotatable bonds is 4. The van der Waals surface area contributed by atoms with Crippen molar-refractivity contribution in [3.8, 4) is 0 Å². The highest BCUT2D eigenvalue weighted by Gasteiger charge is 2.11. The molecular weight excluding hydrogens is 288 g/mol. The van der Waals surface area contributed by atoms with E-state index in [1.54, 1.807) is 6.07 Å². The second-order valence-corrected chi connectivity index (χ2v) is 4.28. The molecule has 6 heteroatoms. The summed E-state index contributed by atoms with van der Waals surface area (Å²) in [7, 11) is 0. The van der Waals surface area contributed by atoms with Crippen LogP contribution in [0.1, 0.15) is 5.76 Å². The van der Waals surface area contributed by atoms with Gasteiger partial charge in [-0.15, -0.1) is 0 Å². The van der Waals surface area contributed by atoms with Gasteiger partial charge in [-0.1, -0.05) is 22.0 Å². The molecule has 0 amide bonds. The molecule has 2 aromatic rings. The van der Waals surface area contributed by atoms with Crippen LogP contribution in [0.25, 0.3) is 0 Å². The lowest BCUT2D eigenvalue weighted by Crippen LogP contribution is -1.97. The SMILES string of the molecule is O=[N+]([O-])c1ccc(CNc2cccc(Br)c2)o1. The van der Waals surface area contributed by atoms with E-state index in [1.807, 2.05) is 24.3 Å². The zero-order chi connectivity index (χ0) is 12.3. The van der Waals surface area contributed by atoms with Crippen LogP contribution in [-0.4, -0.2) is 4.92 Å². The minimum Gasteiger partial charge on any atom is -0.404 e. The first-order chi connectivity index (χ1) is 8.15. The predicted molar refractivity (Wildman–Crippen MR) is 66.8 cm³/mol. The second-order valence-electron chi connectivity index (χ2n) is 3.36. The fraction of sp³-hybridized carbons (Fsp3) is 0.0909. The molecule has 0 radical (unpaired) electrons. The van der Waals surface area contributed by atoms with Crippen LogP contribution in [0, 0.1) is 10.1 Å². The molecule has 0 aliphatic rings. The van der Waals surface area contributed by atoms with Gasteiger partial charge in [-0.25, -0.2) is 0 Å². The van der Waals surface area contributed by atoms with Gasteiger partial charge in [0.25, 0.3) is 0 Å². The smallest absolute Gasteiger partial charge is 0.404 e. The van der Waals surface area contributed by atoms with Crippen LogP contribution in [0.15, 0.2) is 45.3 Å². The third-order valence-electron chi connectivity index (χ3n) is 2.12. The van der Waals surface area contributed by atoms with E-state index in [9.17, 15) is 10.1 Å². The van der Waals surface area contributed by atoms with Crippen molar-refractivity contribution in [1.82, 2.24) is 0 Å². The van der Waals surface area contributed by atoms with E-state index in [0.29, 0.717) is 12.3 Å². The average molecular weight is 297 g/mol. The predicted octanol–water partition coefficient (Wildman–Crippen LogP) is 3.56. The molecule has 88 valence electrons. The first-order valence-corrected chi connectivity index (χ1v) is 5.67. The van der Waals surface area contributed by atoms with Crippen LogP contribution >= 0.6 is 15.9 Å². The van der Waals surface area contributed by atoms with E-state index in [0.717, 1.165) is 10.2 Å². The average Bonchev–Trinajstić information content (AvgIpc) is 2.75. The summed E-state index contributed by atoms with van der Waals surface area (Å²) < 4.78 is 5.99. The summed E-state index contributed by atoms with van der Waals surface area (Å²) in [4.78, 5) is 9.87. The molecule has 0 spiro atoms. The highest BCUT2D eigenvalue weighted by Crippen LogP contribution is 2.19. The Balaban J connectivity index is 2.00. The Morgan fingerprint density at radius 3 is 2.82 bits per heavy atom. The van der Waals surface area contributed by atoms with Gasteiger partial charge in [0.2, 0.25) is 0 Å². The zero-order valence-corrected chi connectivity index (χ0v) is 10.3. The van der Waals surface area contributed by atoms with Gasteiger partial charge in [-0.3, -0.25) is 10.1 Å². The molecular formula is C11H9BrN2O3. The molecule has 0 bridgehead atoms. The van der Waals surface area contributed by atoms with Crippen LogP contribution in [0.5, 0.6) is 0 Å². The van der Waals surface area contributed by atoms with Gasteiger partial charge in [0.1, 0.15) is 10.7 Å². The van der Waals surface area contributed by atoms with Gasteiger partial charge in [0.15, 0.2) is 0 Å². The van der Waals surface area contributed by atoms with Crippen LogP contribution in [0.3, 0.4) is 0 Å². The summed E-state index contributed by atoms with van der Waals surface area (Å²) in [6, 6.07) is 10.6. The van der Waals surface area contributed by atoms with E-state index >= 15 is 0 Å². The molecule has 1 N–H and O–H groups in total. The van der Waals surface area contributed by atoms with Gasteiger partial charge in [0.05, 0.1) is 12.6 Å². The molecule has 0 unspecified atom stereocenters. The Kier molecular flexibility index (Phi) is 3.43. The normalized spacial score (nSPS) is 10.2. The van der Waals surface area contributed by atoms with Crippen molar-refractivity contribution in [2.75, 3.05) is 5.32 Å². The van der Waals surface area contributed by atoms with Gasteiger partial charge in [0, 0.05) is 10.2 Å². The number of halogens is 1. The van der Waals surface area contributed by atoms with Crippen molar-refractivity contribution in [3.63, 3.8) is 0 Å². The molecule has 0 saturated heterocycles. The Labute approximate surface area is 106 Å². The third kappa shape index (κ3) is 3.07. The second kappa shape index (κ2) is 5.01. The maximum atomic E-state index is 10.4. The van der Waals surface area contributed by atoms with Gasteiger partial charge in [-0.05, 0) is 24.3 Å².